The summed E-state index contributed by atoms with van der Waals surface area (Å²) in [6, 6.07) is 0. The fraction of sp³-hybridized carbons (Fsp3) is 0.600. The van der Waals surface area contributed by atoms with E-state index in [0.29, 0.717) is 19.1 Å². The molecule has 0 bridgehead atoms. The molecule has 0 saturated heterocycles. The van der Waals surface area contributed by atoms with Crippen LogP contribution in [0.5, 0.6) is 0 Å². The van der Waals surface area contributed by atoms with Gasteiger partial charge in [0.1, 0.15) is 6.26 Å². The molecule has 0 spiro atoms. The molecule has 1 aliphatic rings. The minimum Gasteiger partial charge on any atom is -0.440 e. The molecule has 0 N–H and O–H groups in total. The van der Waals surface area contributed by atoms with E-state index in [2.05, 4.69) is 9.47 Å². The van der Waals surface area contributed by atoms with Crippen molar-refractivity contribution in [1.82, 2.24) is 0 Å². The number of esters is 2. The molecule has 0 unspecified atom stereocenters. The van der Waals surface area contributed by atoms with Crippen molar-refractivity contribution in [3.8, 4) is 0 Å². The smallest absolute Gasteiger partial charge is 0.434 e. The molecule has 0 radical (unpaired) electrons. The van der Waals surface area contributed by atoms with E-state index in [-0.39, 0.29) is 12.0 Å². The Balaban J connectivity index is 2.53. The molecule has 0 aromatic heterocycles. The molecule has 0 aromatic carbocycles. The third-order valence-electron chi connectivity index (χ3n) is 2.13. The average molecular weight is 306 g/mol. The Morgan fingerprint density at radius 1 is 1.05 bits per heavy atom. The number of carbonyl (C=O) groups is 2. The Morgan fingerprint density at radius 2 is 1.55 bits per heavy atom. The van der Waals surface area contributed by atoms with Crippen molar-refractivity contribution in [3.63, 3.8) is 0 Å². The van der Waals surface area contributed by atoms with Crippen molar-refractivity contribution in [2.75, 3.05) is 0 Å². The highest BCUT2D eigenvalue weighted by Crippen LogP contribution is 2.35. The Bertz CT molecular complexity index is 393. The molecule has 0 amide bonds. The third-order valence-corrected chi connectivity index (χ3v) is 2.13. The predicted octanol–water partition coefficient (Wildman–Crippen LogP) is 2.49. The first-order valence-electron chi connectivity index (χ1n) is 5.23. The van der Waals surface area contributed by atoms with Crippen LogP contribution in [0.4, 0.5) is 26.3 Å². The first kappa shape index (κ1) is 16.3. The molecule has 0 atom stereocenters. The van der Waals surface area contributed by atoms with E-state index in [4.69, 9.17) is 0 Å². The molecule has 10 heteroatoms. The summed E-state index contributed by atoms with van der Waals surface area (Å²) in [6.45, 7) is 0. The lowest BCUT2D eigenvalue weighted by Gasteiger charge is -2.21. The van der Waals surface area contributed by atoms with Crippen molar-refractivity contribution < 1.29 is 45.4 Å². The van der Waals surface area contributed by atoms with Gasteiger partial charge in [-0.25, -0.2) is 4.79 Å². The van der Waals surface area contributed by atoms with Gasteiger partial charge in [0.25, 0.3) is 6.10 Å². The van der Waals surface area contributed by atoms with Gasteiger partial charge in [-0.3, -0.25) is 4.79 Å². The highest BCUT2D eigenvalue weighted by atomic mass is 19.4. The van der Waals surface area contributed by atoms with Crippen LogP contribution in [0.1, 0.15) is 12.8 Å². The second-order valence-electron chi connectivity index (χ2n) is 3.91. The van der Waals surface area contributed by atoms with Crippen molar-refractivity contribution in [3.05, 3.63) is 12.3 Å². The van der Waals surface area contributed by atoms with Crippen LogP contribution >= 0.6 is 0 Å². The van der Waals surface area contributed by atoms with E-state index in [9.17, 15) is 35.9 Å². The summed E-state index contributed by atoms with van der Waals surface area (Å²) in [5.74, 6) is -2.97. The molecule has 1 aliphatic carbocycles. The summed E-state index contributed by atoms with van der Waals surface area (Å²) in [6.07, 6.45) is -14.1. The van der Waals surface area contributed by atoms with Gasteiger partial charge in [-0.2, -0.15) is 26.3 Å². The Labute approximate surface area is 108 Å². The van der Waals surface area contributed by atoms with Gasteiger partial charge < -0.3 is 9.47 Å². The summed E-state index contributed by atoms with van der Waals surface area (Å²) in [4.78, 5) is 21.8. The van der Waals surface area contributed by atoms with Crippen LogP contribution in [0.15, 0.2) is 12.3 Å². The minimum atomic E-state index is -5.79. The zero-order valence-corrected chi connectivity index (χ0v) is 9.62. The number of rotatable bonds is 4. The first-order valence-corrected chi connectivity index (χ1v) is 5.23. The maximum absolute atomic E-state index is 12.0. The van der Waals surface area contributed by atoms with E-state index in [1.165, 1.54) is 0 Å². The maximum Gasteiger partial charge on any atom is 0.434 e. The van der Waals surface area contributed by atoms with Crippen LogP contribution in [-0.2, 0) is 19.1 Å². The number of hydrogen-bond acceptors (Lipinski definition) is 4. The molecule has 0 heterocycles. The van der Waals surface area contributed by atoms with E-state index in [1.807, 2.05) is 0 Å². The second kappa shape index (κ2) is 5.71. The third kappa shape index (κ3) is 5.10. The van der Waals surface area contributed by atoms with Gasteiger partial charge in [-0.05, 0) is 12.8 Å². The topological polar surface area (TPSA) is 52.6 Å². The minimum absolute atomic E-state index is 0.171. The van der Waals surface area contributed by atoms with Crippen molar-refractivity contribution in [2.45, 2.75) is 31.3 Å². The highest BCUT2D eigenvalue weighted by Gasteiger charge is 2.59. The molecule has 4 nitrogen and oxygen atoms in total. The number of hydrogen-bond donors (Lipinski definition) is 0. The zero-order chi connectivity index (χ0) is 15.6. The van der Waals surface area contributed by atoms with Crippen LogP contribution in [0.25, 0.3) is 0 Å². The van der Waals surface area contributed by atoms with Crippen molar-refractivity contribution in [1.29, 1.82) is 0 Å². The standard InChI is InChI=1S/C10H8F6O4/c11-9(12,13)8(10(14,15)16)20-6(17)3-4-19-7(18)5-1-2-5/h3-5,8H,1-2H2/b4-3-. The molecule has 1 saturated carbocycles. The molecule has 1 rings (SSSR count). The summed E-state index contributed by atoms with van der Waals surface area (Å²) < 4.78 is 79.8. The summed E-state index contributed by atoms with van der Waals surface area (Å²) in [5, 5.41) is 0. The molecule has 1 fully saturated rings. The van der Waals surface area contributed by atoms with E-state index >= 15 is 0 Å². The van der Waals surface area contributed by atoms with E-state index in [0.717, 1.165) is 0 Å². The molecular formula is C10H8F6O4. The fourth-order valence-electron chi connectivity index (χ4n) is 1.05. The summed E-state index contributed by atoms with van der Waals surface area (Å²) in [7, 11) is 0. The van der Waals surface area contributed by atoms with E-state index in [1.54, 1.807) is 0 Å². The van der Waals surface area contributed by atoms with Crippen molar-refractivity contribution >= 4 is 11.9 Å². The number of carbonyl (C=O) groups excluding carboxylic acids is 2. The Kier molecular flexibility index (Phi) is 4.66. The summed E-state index contributed by atoms with van der Waals surface area (Å²) >= 11 is 0. The second-order valence-corrected chi connectivity index (χ2v) is 3.91. The van der Waals surface area contributed by atoms with Crippen LogP contribution in [-0.4, -0.2) is 30.4 Å². The first-order chi connectivity index (χ1) is 9.01. The number of alkyl halides is 6. The van der Waals surface area contributed by atoms with Crippen LogP contribution in [0, 0.1) is 5.92 Å². The maximum atomic E-state index is 12.0. The monoisotopic (exact) mass is 306 g/mol. The fourth-order valence-corrected chi connectivity index (χ4v) is 1.05. The quantitative estimate of drug-likeness (QED) is 0.346. The average Bonchev–Trinajstić information content (AvgIpc) is 3.06. The van der Waals surface area contributed by atoms with Gasteiger partial charge in [-0.1, -0.05) is 0 Å². The predicted molar refractivity (Wildman–Crippen MR) is 49.9 cm³/mol. The van der Waals surface area contributed by atoms with Crippen molar-refractivity contribution in [2.24, 2.45) is 5.92 Å². The molecule has 114 valence electrons. The molecule has 20 heavy (non-hydrogen) atoms. The van der Waals surface area contributed by atoms with Gasteiger partial charge in [0.05, 0.1) is 12.0 Å². The molecule has 0 aromatic rings. The lowest BCUT2D eigenvalue weighted by atomic mass is 10.3. The van der Waals surface area contributed by atoms with Gasteiger partial charge >= 0.3 is 24.3 Å². The van der Waals surface area contributed by atoms with Gasteiger partial charge in [0.15, 0.2) is 0 Å². The van der Waals surface area contributed by atoms with Gasteiger partial charge in [0.2, 0.25) is 0 Å². The van der Waals surface area contributed by atoms with Gasteiger partial charge in [-0.15, -0.1) is 0 Å². The highest BCUT2D eigenvalue weighted by molar-refractivity contribution is 5.82. The zero-order valence-electron chi connectivity index (χ0n) is 9.62. The van der Waals surface area contributed by atoms with Crippen LogP contribution in [0.3, 0.4) is 0 Å². The lowest BCUT2D eigenvalue weighted by molar-refractivity contribution is -0.312. The molecule has 0 aliphatic heterocycles. The van der Waals surface area contributed by atoms with E-state index < -0.39 is 30.4 Å². The summed E-state index contributed by atoms with van der Waals surface area (Å²) in [5.41, 5.74) is 0. The Morgan fingerprint density at radius 3 is 1.95 bits per heavy atom. The van der Waals surface area contributed by atoms with Gasteiger partial charge in [0, 0.05) is 0 Å². The SMILES string of the molecule is O=C(/C=C\OC(=O)C1CC1)OC(C(F)(F)F)C(F)(F)F. The normalized spacial score (nSPS) is 16.6. The largest absolute Gasteiger partial charge is 0.440 e. The van der Waals surface area contributed by atoms with Crippen LogP contribution in [0.2, 0.25) is 0 Å². The number of halogens is 6. The Hall–Kier alpha value is -1.74. The molecular weight excluding hydrogens is 298 g/mol. The number of ether oxygens (including phenoxy) is 2. The van der Waals surface area contributed by atoms with Crippen LogP contribution < -0.4 is 0 Å². The lowest BCUT2D eigenvalue weighted by Crippen LogP contribution is -2.45.